The average Bonchev–Trinajstić information content (AvgIpc) is 3.56. The van der Waals surface area contributed by atoms with Crippen molar-refractivity contribution in [3.05, 3.63) is 71.3 Å². The number of aromatic hydroxyl groups is 1. The van der Waals surface area contributed by atoms with Gasteiger partial charge in [-0.15, -0.1) is 6.42 Å². The topological polar surface area (TPSA) is 91.6 Å². The first-order valence-electron chi connectivity index (χ1n) is 18.0. The van der Waals surface area contributed by atoms with Crippen LogP contribution in [0.4, 0.5) is 14.6 Å². The van der Waals surface area contributed by atoms with Crippen LogP contribution >= 0.6 is 0 Å². The van der Waals surface area contributed by atoms with Crippen molar-refractivity contribution < 1.29 is 18.6 Å². The van der Waals surface area contributed by atoms with Gasteiger partial charge in [0.1, 0.15) is 28.7 Å². The summed E-state index contributed by atoms with van der Waals surface area (Å²) >= 11 is 0. The fourth-order valence-electron chi connectivity index (χ4n) is 8.55. The highest BCUT2D eigenvalue weighted by atomic mass is 19.1. The van der Waals surface area contributed by atoms with Gasteiger partial charge in [0.15, 0.2) is 5.82 Å². The molecule has 2 N–H and O–H groups in total. The lowest BCUT2D eigenvalue weighted by Gasteiger charge is -2.34. The number of benzene rings is 3. The van der Waals surface area contributed by atoms with Crippen molar-refractivity contribution in [2.24, 2.45) is 5.41 Å². The van der Waals surface area contributed by atoms with E-state index in [1.165, 1.54) is 18.2 Å². The van der Waals surface area contributed by atoms with E-state index in [2.05, 4.69) is 30.6 Å². The standard InChI is InChI=1S/C40H41F2N7O2/c1-4-28-32(41)8-5-24-15-27(50)16-30(34(24)28)35-29(23(2)3)17-31-37(36(35)42)45-39(46-38(31)49-18-25-6-7-26(19-49)44-25)51-22-40(9-10-40)21-47-13-14-48-12-11-43-33(48)20-47/h1,5,8,11-12,15-17,23,25-26,44,50H,6-7,9-10,13-14,18-22H2,2-3H3. The number of aromatic nitrogens is 4. The van der Waals surface area contributed by atoms with Crippen molar-refractivity contribution in [1.29, 1.82) is 0 Å². The van der Waals surface area contributed by atoms with Gasteiger partial charge in [0.05, 0.1) is 18.7 Å². The molecule has 51 heavy (non-hydrogen) atoms. The predicted octanol–water partition coefficient (Wildman–Crippen LogP) is 6.35. The molecule has 1 aliphatic carbocycles. The fourth-order valence-corrected chi connectivity index (χ4v) is 8.55. The number of rotatable bonds is 8. The van der Waals surface area contributed by atoms with Gasteiger partial charge in [0.25, 0.3) is 0 Å². The first-order valence-corrected chi connectivity index (χ1v) is 18.0. The molecular weight excluding hydrogens is 648 g/mol. The molecule has 4 aliphatic rings. The Bertz CT molecular complexity index is 2230. The van der Waals surface area contributed by atoms with Crippen LogP contribution in [0.2, 0.25) is 0 Å². The number of fused-ring (bicyclic) bond motifs is 5. The molecule has 9 rings (SSSR count). The second-order valence-electron chi connectivity index (χ2n) is 15.3. The molecule has 5 aromatic rings. The number of hydrogen-bond donors (Lipinski definition) is 2. The quantitative estimate of drug-likeness (QED) is 0.182. The van der Waals surface area contributed by atoms with Gasteiger partial charge < -0.3 is 24.6 Å². The van der Waals surface area contributed by atoms with Gasteiger partial charge >= 0.3 is 6.01 Å². The molecule has 2 unspecified atom stereocenters. The number of halogens is 2. The number of phenolic OH excluding ortho intramolecular Hbond substituents is 1. The monoisotopic (exact) mass is 689 g/mol. The van der Waals surface area contributed by atoms with Crippen LogP contribution in [0, 0.1) is 29.4 Å². The molecule has 11 heteroatoms. The Morgan fingerprint density at radius 3 is 2.65 bits per heavy atom. The Hall–Kier alpha value is -4.79. The molecule has 2 atom stereocenters. The van der Waals surface area contributed by atoms with Crippen LogP contribution in [0.15, 0.2) is 42.7 Å². The van der Waals surface area contributed by atoms with Crippen LogP contribution in [0.1, 0.15) is 62.4 Å². The van der Waals surface area contributed by atoms with Crippen molar-refractivity contribution in [2.45, 2.75) is 70.6 Å². The third-order valence-corrected chi connectivity index (χ3v) is 11.4. The van der Waals surface area contributed by atoms with Crippen LogP contribution in [0.5, 0.6) is 11.8 Å². The van der Waals surface area contributed by atoms with E-state index >= 15 is 8.78 Å². The molecule has 3 aromatic carbocycles. The zero-order chi connectivity index (χ0) is 35.0. The number of nitrogens with zero attached hydrogens (tertiary/aromatic N) is 6. The number of terminal acetylenes is 1. The fraction of sp³-hybridized carbons (Fsp3) is 0.425. The molecule has 262 valence electrons. The van der Waals surface area contributed by atoms with Crippen molar-refractivity contribution in [3.63, 3.8) is 0 Å². The molecule has 0 spiro atoms. The number of phenols is 1. The van der Waals surface area contributed by atoms with Crippen LogP contribution < -0.4 is 15.0 Å². The van der Waals surface area contributed by atoms with E-state index in [9.17, 15) is 5.11 Å². The van der Waals surface area contributed by atoms with Crippen molar-refractivity contribution >= 4 is 27.5 Å². The van der Waals surface area contributed by atoms with Gasteiger partial charge in [-0.05, 0) is 72.4 Å². The van der Waals surface area contributed by atoms with Gasteiger partial charge in [-0.3, -0.25) is 4.90 Å². The van der Waals surface area contributed by atoms with E-state index in [0.29, 0.717) is 51.8 Å². The Balaban J connectivity index is 1.16. The first kappa shape index (κ1) is 32.1. The zero-order valence-electron chi connectivity index (χ0n) is 28.9. The maximum absolute atomic E-state index is 17.5. The van der Waals surface area contributed by atoms with Gasteiger partial charge in [0.2, 0.25) is 0 Å². The van der Waals surface area contributed by atoms with Crippen molar-refractivity contribution in [1.82, 2.24) is 29.7 Å². The second kappa shape index (κ2) is 12.2. The van der Waals surface area contributed by atoms with Crippen LogP contribution in [0.3, 0.4) is 0 Å². The molecule has 1 saturated carbocycles. The van der Waals surface area contributed by atoms with Gasteiger partial charge in [-0.25, -0.2) is 13.8 Å². The molecule has 0 radical (unpaired) electrons. The summed E-state index contributed by atoms with van der Waals surface area (Å²) < 4.78 is 41.3. The highest BCUT2D eigenvalue weighted by Gasteiger charge is 2.45. The van der Waals surface area contributed by atoms with Gasteiger partial charge in [-0.1, -0.05) is 25.8 Å². The predicted molar refractivity (Wildman–Crippen MR) is 193 cm³/mol. The highest BCUT2D eigenvalue weighted by molar-refractivity contribution is 6.05. The van der Waals surface area contributed by atoms with E-state index in [-0.39, 0.29) is 39.7 Å². The van der Waals surface area contributed by atoms with E-state index < -0.39 is 11.6 Å². The molecule has 3 fully saturated rings. The minimum atomic E-state index is -0.582. The SMILES string of the molecule is C#Cc1c(F)ccc2cc(O)cc(-c3c(C(C)C)cc4c(N5CC6CCC(C5)N6)nc(OCC5(CN6CCn7ccnc7C6)CC5)nc4c3F)c12. The number of imidazole rings is 1. The summed E-state index contributed by atoms with van der Waals surface area (Å²) in [7, 11) is 0. The number of ether oxygens (including phenoxy) is 1. The van der Waals surface area contributed by atoms with E-state index in [4.69, 9.17) is 21.1 Å². The van der Waals surface area contributed by atoms with Gasteiger partial charge in [-0.2, -0.15) is 9.97 Å². The average molecular weight is 690 g/mol. The van der Waals surface area contributed by atoms with Crippen LogP contribution in [-0.4, -0.2) is 74.4 Å². The summed E-state index contributed by atoms with van der Waals surface area (Å²) in [5, 5.41) is 16.0. The number of hydrogen-bond acceptors (Lipinski definition) is 8. The van der Waals surface area contributed by atoms with E-state index in [1.54, 1.807) is 6.07 Å². The van der Waals surface area contributed by atoms with Crippen molar-refractivity contribution in [2.75, 3.05) is 37.7 Å². The van der Waals surface area contributed by atoms with Crippen LogP contribution in [-0.2, 0) is 13.1 Å². The van der Waals surface area contributed by atoms with Crippen LogP contribution in [0.25, 0.3) is 32.8 Å². The van der Waals surface area contributed by atoms with E-state index in [0.717, 1.165) is 70.8 Å². The molecule has 2 saturated heterocycles. The smallest absolute Gasteiger partial charge is 0.319 e. The Kier molecular flexibility index (Phi) is 7.67. The molecule has 2 bridgehead atoms. The second-order valence-corrected chi connectivity index (χ2v) is 15.3. The number of piperazine rings is 1. The highest BCUT2D eigenvalue weighted by Crippen LogP contribution is 2.48. The maximum atomic E-state index is 17.5. The summed E-state index contributed by atoms with van der Waals surface area (Å²) in [5.41, 5.74) is 1.37. The molecule has 9 nitrogen and oxygen atoms in total. The first-order chi connectivity index (χ1) is 24.7. The van der Waals surface area contributed by atoms with E-state index in [1.807, 2.05) is 32.3 Å². The lowest BCUT2D eigenvalue weighted by molar-refractivity contribution is 0.132. The summed E-state index contributed by atoms with van der Waals surface area (Å²) in [6.07, 6.45) is 14.0. The largest absolute Gasteiger partial charge is 0.508 e. The van der Waals surface area contributed by atoms with Gasteiger partial charge in [0, 0.05) is 79.0 Å². The lowest BCUT2D eigenvalue weighted by Crippen LogP contribution is -2.51. The third-order valence-electron chi connectivity index (χ3n) is 11.4. The zero-order valence-corrected chi connectivity index (χ0v) is 28.9. The molecule has 5 heterocycles. The lowest BCUT2D eigenvalue weighted by atomic mass is 9.86. The Morgan fingerprint density at radius 2 is 1.90 bits per heavy atom. The summed E-state index contributed by atoms with van der Waals surface area (Å²) in [6, 6.07) is 8.59. The Labute approximate surface area is 295 Å². The normalized spacial score (nSPS) is 21.0. The molecule has 3 aliphatic heterocycles. The van der Waals surface area contributed by atoms with Crippen molar-refractivity contribution in [3.8, 4) is 35.2 Å². The maximum Gasteiger partial charge on any atom is 0.319 e. The minimum Gasteiger partial charge on any atom is -0.508 e. The summed E-state index contributed by atoms with van der Waals surface area (Å²) in [6.45, 7) is 9.47. The molecular formula is C40H41F2N7O2. The number of anilines is 1. The molecule has 0 amide bonds. The molecule has 2 aromatic heterocycles. The summed E-state index contributed by atoms with van der Waals surface area (Å²) in [5.74, 6) is 2.84. The summed E-state index contributed by atoms with van der Waals surface area (Å²) in [4.78, 5) is 19.0. The number of nitrogens with one attached hydrogen (secondary N) is 1. The third kappa shape index (κ3) is 5.65. The Morgan fingerprint density at radius 1 is 1.10 bits per heavy atom. The minimum absolute atomic E-state index is 0.0211.